The number of likely N-dealkylation sites (N-methyl/N-ethyl adjacent to an activating group) is 1. The lowest BCUT2D eigenvalue weighted by atomic mass is 10.2. The number of hydrogen-bond acceptors (Lipinski definition) is 3. The van der Waals surface area contributed by atoms with Crippen LogP contribution < -0.4 is 5.32 Å². The zero-order valence-corrected chi connectivity index (χ0v) is 13.1. The van der Waals surface area contributed by atoms with Crippen molar-refractivity contribution in [2.24, 2.45) is 0 Å². The fourth-order valence-corrected chi connectivity index (χ4v) is 2.83. The van der Waals surface area contributed by atoms with Crippen LogP contribution in [0.5, 0.6) is 0 Å². The molecule has 1 amide bonds. The van der Waals surface area contributed by atoms with Gasteiger partial charge in [0.1, 0.15) is 5.82 Å². The Hall–Kier alpha value is -0.980. The lowest BCUT2D eigenvalue weighted by Crippen LogP contribution is -2.49. The second kappa shape index (κ2) is 7.15. The van der Waals surface area contributed by atoms with Crippen LogP contribution in [0.15, 0.2) is 22.7 Å². The highest BCUT2D eigenvalue weighted by atomic mass is 79.9. The minimum atomic E-state index is -0.267. The number of carbonyl (C=O) groups excluding carboxylic acids is 1. The Balaban J connectivity index is 1.88. The normalized spacial score (nSPS) is 15.7. The Morgan fingerprint density at radius 2 is 2.10 bits per heavy atom. The maximum Gasteiger partial charge on any atom is 0.236 e. The first kappa shape index (κ1) is 15.4. The first-order valence-electron chi connectivity index (χ1n) is 6.66. The molecule has 0 atom stereocenters. The van der Waals surface area contributed by atoms with E-state index in [0.717, 1.165) is 31.7 Å². The number of nitrogens with one attached hydrogen (secondary N) is 1. The van der Waals surface area contributed by atoms with E-state index < -0.39 is 0 Å². The number of nitrogens with zero attached hydrogens (tertiary/aromatic N) is 2. The van der Waals surface area contributed by atoms with Crippen LogP contribution in [0.4, 0.5) is 4.39 Å². The van der Waals surface area contributed by atoms with Crippen LogP contribution in [0.2, 0.25) is 0 Å². The molecule has 1 saturated heterocycles. The Kier molecular flexibility index (Phi) is 5.51. The first-order valence-corrected chi connectivity index (χ1v) is 7.46. The highest BCUT2D eigenvalue weighted by Gasteiger charge is 2.17. The van der Waals surface area contributed by atoms with Gasteiger partial charge in [0.25, 0.3) is 0 Å². The summed E-state index contributed by atoms with van der Waals surface area (Å²) >= 11 is 3.28. The van der Waals surface area contributed by atoms with Crippen molar-refractivity contribution < 1.29 is 9.18 Å². The van der Waals surface area contributed by atoms with Crippen LogP contribution in [-0.4, -0.2) is 55.5 Å². The summed E-state index contributed by atoms with van der Waals surface area (Å²) in [4.78, 5) is 15.9. The molecule has 4 nitrogen and oxygen atoms in total. The summed E-state index contributed by atoms with van der Waals surface area (Å²) in [5.74, 6) is -0.138. The number of carbonyl (C=O) groups is 1. The van der Waals surface area contributed by atoms with E-state index in [0.29, 0.717) is 17.6 Å². The van der Waals surface area contributed by atoms with Crippen molar-refractivity contribution in [1.82, 2.24) is 15.1 Å². The topological polar surface area (TPSA) is 35.6 Å². The summed E-state index contributed by atoms with van der Waals surface area (Å²) in [5.41, 5.74) is 0.854. The summed E-state index contributed by atoms with van der Waals surface area (Å²) in [6.07, 6.45) is 0. The molecule has 0 aromatic heterocycles. The third-order valence-corrected chi connectivity index (χ3v) is 3.71. The quantitative estimate of drug-likeness (QED) is 0.898. The van der Waals surface area contributed by atoms with Gasteiger partial charge in [-0.25, -0.2) is 4.39 Å². The van der Waals surface area contributed by atoms with Crippen molar-refractivity contribution in [3.05, 3.63) is 34.1 Å². The highest BCUT2D eigenvalue weighted by molar-refractivity contribution is 9.10. The van der Waals surface area contributed by atoms with E-state index in [2.05, 4.69) is 21.2 Å². The molecule has 1 fully saturated rings. The highest BCUT2D eigenvalue weighted by Crippen LogP contribution is 2.16. The van der Waals surface area contributed by atoms with Gasteiger partial charge < -0.3 is 10.2 Å². The molecule has 0 bridgehead atoms. The molecular formula is C14H19BrFN3O. The number of halogens is 2. The first-order chi connectivity index (χ1) is 9.54. The third-order valence-electron chi connectivity index (χ3n) is 3.25. The molecule has 1 aromatic carbocycles. The van der Waals surface area contributed by atoms with E-state index in [4.69, 9.17) is 0 Å². The molecule has 1 aliphatic heterocycles. The minimum absolute atomic E-state index is 0.129. The van der Waals surface area contributed by atoms with E-state index in [1.807, 2.05) is 22.9 Å². The molecule has 0 unspecified atom stereocenters. The monoisotopic (exact) mass is 343 g/mol. The maximum absolute atomic E-state index is 13.3. The molecule has 110 valence electrons. The fourth-order valence-electron chi connectivity index (χ4n) is 2.31. The molecule has 1 aliphatic rings. The van der Waals surface area contributed by atoms with Gasteiger partial charge in [-0.3, -0.25) is 9.69 Å². The Bertz CT molecular complexity index is 457. The van der Waals surface area contributed by atoms with Gasteiger partial charge in [0.15, 0.2) is 0 Å². The van der Waals surface area contributed by atoms with Gasteiger partial charge >= 0.3 is 0 Å². The largest absolute Gasteiger partial charge is 0.339 e. The van der Waals surface area contributed by atoms with Crippen LogP contribution in [0, 0.1) is 5.82 Å². The van der Waals surface area contributed by atoms with Crippen LogP contribution in [0.25, 0.3) is 0 Å². The average molecular weight is 344 g/mol. The molecule has 0 aliphatic carbocycles. The predicted octanol–water partition coefficient (Wildman–Crippen LogP) is 1.45. The van der Waals surface area contributed by atoms with Crippen LogP contribution in [0.1, 0.15) is 5.56 Å². The van der Waals surface area contributed by atoms with Gasteiger partial charge in [0.05, 0.1) is 6.54 Å². The van der Waals surface area contributed by atoms with Crippen LogP contribution in [0.3, 0.4) is 0 Å². The van der Waals surface area contributed by atoms with Crippen molar-refractivity contribution in [1.29, 1.82) is 0 Å². The molecular weight excluding hydrogens is 325 g/mol. The zero-order chi connectivity index (χ0) is 14.5. The average Bonchev–Trinajstić information content (AvgIpc) is 2.38. The van der Waals surface area contributed by atoms with Crippen LogP contribution >= 0.6 is 15.9 Å². The van der Waals surface area contributed by atoms with Crippen molar-refractivity contribution in [3.63, 3.8) is 0 Å². The smallest absolute Gasteiger partial charge is 0.236 e. The van der Waals surface area contributed by atoms with Crippen molar-refractivity contribution in [2.45, 2.75) is 6.54 Å². The van der Waals surface area contributed by atoms with Gasteiger partial charge in [-0.2, -0.15) is 0 Å². The van der Waals surface area contributed by atoms with E-state index in [1.165, 1.54) is 12.1 Å². The predicted molar refractivity (Wildman–Crippen MR) is 79.9 cm³/mol. The van der Waals surface area contributed by atoms with Crippen molar-refractivity contribution in [2.75, 3.05) is 39.8 Å². The minimum Gasteiger partial charge on any atom is -0.339 e. The number of benzene rings is 1. The van der Waals surface area contributed by atoms with Crippen LogP contribution in [-0.2, 0) is 11.3 Å². The molecule has 20 heavy (non-hydrogen) atoms. The molecule has 0 spiro atoms. The zero-order valence-electron chi connectivity index (χ0n) is 11.5. The summed E-state index contributed by atoms with van der Waals surface area (Å²) in [6, 6.07) is 4.79. The molecule has 2 rings (SSSR count). The SMILES string of the molecule is CN(CC(=O)N1CCNCC1)Cc1cc(F)cc(Br)c1. The summed E-state index contributed by atoms with van der Waals surface area (Å²) in [7, 11) is 1.87. The number of amides is 1. The number of rotatable bonds is 4. The van der Waals surface area contributed by atoms with E-state index in [-0.39, 0.29) is 11.7 Å². The maximum atomic E-state index is 13.3. The summed E-state index contributed by atoms with van der Waals surface area (Å²) < 4.78 is 14.0. The molecule has 6 heteroatoms. The summed E-state index contributed by atoms with van der Waals surface area (Å²) in [6.45, 7) is 4.14. The number of hydrogen-bond donors (Lipinski definition) is 1. The lowest BCUT2D eigenvalue weighted by Gasteiger charge is -2.29. The van der Waals surface area contributed by atoms with Gasteiger partial charge in [0.2, 0.25) is 5.91 Å². The number of piperazine rings is 1. The standard InChI is InChI=1S/C14H19BrFN3O/c1-18(9-11-6-12(15)8-13(16)7-11)10-14(20)19-4-2-17-3-5-19/h6-8,17H,2-5,9-10H2,1H3. The lowest BCUT2D eigenvalue weighted by molar-refractivity contribution is -0.132. The van der Waals surface area contributed by atoms with E-state index >= 15 is 0 Å². The van der Waals surface area contributed by atoms with Crippen molar-refractivity contribution in [3.8, 4) is 0 Å². The fraction of sp³-hybridized carbons (Fsp3) is 0.500. The summed E-state index contributed by atoms with van der Waals surface area (Å²) in [5, 5.41) is 3.22. The second-order valence-electron chi connectivity index (χ2n) is 5.08. The Labute approximate surface area is 127 Å². The third kappa shape index (κ3) is 4.54. The van der Waals surface area contributed by atoms with Gasteiger partial charge in [-0.1, -0.05) is 15.9 Å². The Morgan fingerprint density at radius 3 is 2.75 bits per heavy atom. The van der Waals surface area contributed by atoms with Crippen molar-refractivity contribution >= 4 is 21.8 Å². The van der Waals surface area contributed by atoms with Gasteiger partial charge in [0, 0.05) is 37.2 Å². The molecule has 0 saturated carbocycles. The molecule has 0 radical (unpaired) electrons. The molecule has 1 N–H and O–H groups in total. The molecule has 1 aromatic rings. The van der Waals surface area contributed by atoms with Gasteiger partial charge in [-0.05, 0) is 30.8 Å². The second-order valence-corrected chi connectivity index (χ2v) is 6.00. The van der Waals surface area contributed by atoms with E-state index in [9.17, 15) is 9.18 Å². The van der Waals surface area contributed by atoms with E-state index in [1.54, 1.807) is 0 Å². The van der Waals surface area contributed by atoms with Gasteiger partial charge in [-0.15, -0.1) is 0 Å². The molecule has 1 heterocycles. The Morgan fingerprint density at radius 1 is 1.40 bits per heavy atom.